The molecule has 0 bridgehead atoms. The molecule has 0 aliphatic carbocycles. The van der Waals surface area contributed by atoms with Crippen LogP contribution in [0.25, 0.3) is 0 Å². The maximum Gasteiger partial charge on any atom is 0.472 e. The summed E-state index contributed by atoms with van der Waals surface area (Å²) in [6.07, 6.45) is 82.3. The van der Waals surface area contributed by atoms with E-state index in [-0.39, 0.29) is 32.1 Å². The van der Waals surface area contributed by atoms with Crippen LogP contribution in [-0.4, -0.2) is 49.3 Å². The van der Waals surface area contributed by atoms with E-state index in [4.69, 9.17) is 24.3 Å². The van der Waals surface area contributed by atoms with Crippen molar-refractivity contribution in [2.75, 3.05) is 26.4 Å². The van der Waals surface area contributed by atoms with Crippen molar-refractivity contribution in [3.8, 4) is 0 Å². The first-order chi connectivity index (χ1) is 40.3. The van der Waals surface area contributed by atoms with Crippen molar-refractivity contribution in [1.29, 1.82) is 0 Å². The second-order valence-corrected chi connectivity index (χ2v) is 27.0. The number of carbonyl (C=O) groups excluding carboxylic acids is 2. The lowest BCUT2D eigenvalue weighted by atomic mass is 10.0. The summed E-state index contributed by atoms with van der Waals surface area (Å²) in [4.78, 5) is 35.4. The van der Waals surface area contributed by atoms with Crippen molar-refractivity contribution in [2.24, 2.45) is 5.73 Å². The molecule has 0 fully saturated rings. The van der Waals surface area contributed by atoms with Gasteiger partial charge in [-0.05, 0) is 12.8 Å². The standard InChI is InChI=1S/C72H144NO8P/c1-3-5-7-9-11-13-15-17-19-21-23-25-27-29-31-33-35-37-39-41-43-45-47-49-51-53-55-57-59-61-63-65-72(75)81-70(69-80-82(76,77)79-67-66-73)68-78-71(74)64-62-60-58-56-54-52-50-48-46-44-42-40-38-36-34-32-30-28-26-24-22-20-18-16-14-12-10-8-6-4-2/h70H,3-69,73H2,1-2H3,(H,76,77). The van der Waals surface area contributed by atoms with Crippen molar-refractivity contribution in [1.82, 2.24) is 0 Å². The van der Waals surface area contributed by atoms with Crippen LogP contribution >= 0.6 is 7.82 Å². The van der Waals surface area contributed by atoms with Crippen molar-refractivity contribution in [3.05, 3.63) is 0 Å². The first kappa shape index (κ1) is 81.0. The lowest BCUT2D eigenvalue weighted by Gasteiger charge is -2.19. The Bertz CT molecular complexity index is 1300. The van der Waals surface area contributed by atoms with Crippen molar-refractivity contribution >= 4 is 19.8 Å². The molecule has 3 N–H and O–H groups in total. The van der Waals surface area contributed by atoms with Gasteiger partial charge in [-0.1, -0.05) is 393 Å². The van der Waals surface area contributed by atoms with E-state index in [0.29, 0.717) is 12.8 Å². The number of esters is 2. The summed E-state index contributed by atoms with van der Waals surface area (Å²) in [6.45, 7) is 3.85. The van der Waals surface area contributed by atoms with Crippen LogP contribution in [-0.2, 0) is 32.7 Å². The van der Waals surface area contributed by atoms with Crippen LogP contribution in [0, 0.1) is 0 Å². The number of hydrogen-bond donors (Lipinski definition) is 2. The molecule has 0 aliphatic rings. The highest BCUT2D eigenvalue weighted by Crippen LogP contribution is 2.43. The summed E-state index contributed by atoms with van der Waals surface area (Å²) in [5, 5.41) is 0. The van der Waals surface area contributed by atoms with Gasteiger partial charge in [0, 0.05) is 19.4 Å². The molecule has 0 aliphatic heterocycles. The van der Waals surface area contributed by atoms with E-state index in [1.54, 1.807) is 0 Å². The highest BCUT2D eigenvalue weighted by Gasteiger charge is 2.26. The molecule has 0 amide bonds. The molecule has 0 rings (SSSR count). The number of carbonyl (C=O) groups is 2. The fraction of sp³-hybridized carbons (Fsp3) is 0.972. The molecule has 0 heterocycles. The average molecular weight is 1180 g/mol. The second-order valence-electron chi connectivity index (χ2n) is 25.5. The fourth-order valence-corrected chi connectivity index (χ4v) is 12.5. The topological polar surface area (TPSA) is 134 Å². The average Bonchev–Trinajstić information content (AvgIpc) is 3.48. The molecule has 0 radical (unpaired) electrons. The monoisotopic (exact) mass is 1180 g/mol. The van der Waals surface area contributed by atoms with E-state index in [1.807, 2.05) is 0 Å². The predicted molar refractivity (Wildman–Crippen MR) is 354 cm³/mol. The molecule has 2 unspecified atom stereocenters. The first-order valence-electron chi connectivity index (χ1n) is 37.0. The Morgan fingerprint density at radius 1 is 0.317 bits per heavy atom. The Kier molecular flexibility index (Phi) is 68.3. The van der Waals surface area contributed by atoms with E-state index < -0.39 is 26.5 Å². The zero-order valence-corrected chi connectivity index (χ0v) is 56.2. The summed E-state index contributed by atoms with van der Waals surface area (Å²) in [7, 11) is -4.39. The zero-order chi connectivity index (χ0) is 59.4. The van der Waals surface area contributed by atoms with E-state index >= 15 is 0 Å². The third-order valence-corrected chi connectivity index (χ3v) is 18.2. The predicted octanol–water partition coefficient (Wildman–Crippen LogP) is 24.1. The van der Waals surface area contributed by atoms with E-state index in [0.717, 1.165) is 32.1 Å². The Hall–Kier alpha value is -0.990. The lowest BCUT2D eigenvalue weighted by molar-refractivity contribution is -0.161. The smallest absolute Gasteiger partial charge is 0.462 e. The summed E-state index contributed by atoms with van der Waals surface area (Å²) in [5.41, 5.74) is 5.41. The van der Waals surface area contributed by atoms with Crippen molar-refractivity contribution in [2.45, 2.75) is 424 Å². The largest absolute Gasteiger partial charge is 0.472 e. The summed E-state index contributed by atoms with van der Waals surface area (Å²) >= 11 is 0. The first-order valence-corrected chi connectivity index (χ1v) is 38.5. The van der Waals surface area contributed by atoms with Crippen LogP contribution in [0.2, 0.25) is 0 Å². The van der Waals surface area contributed by atoms with Crippen LogP contribution in [0.5, 0.6) is 0 Å². The molecule has 9 nitrogen and oxygen atoms in total. The van der Waals surface area contributed by atoms with Gasteiger partial charge in [-0.2, -0.15) is 0 Å². The number of rotatable bonds is 72. The molecular weight excluding hydrogens is 1040 g/mol. The number of ether oxygens (including phenoxy) is 2. The SMILES string of the molecule is CCCCCCCCCCCCCCCCCCCCCCCCCCCCCCCCCC(=O)OC(COC(=O)CCCCCCCCCCCCCCCCCCCCCCCCCCCCCCCC)COP(=O)(O)OCCN. The number of unbranched alkanes of at least 4 members (excludes halogenated alkanes) is 59. The van der Waals surface area contributed by atoms with E-state index in [1.165, 1.54) is 353 Å². The summed E-state index contributed by atoms with van der Waals surface area (Å²) < 4.78 is 33.2. The molecule has 0 spiro atoms. The number of nitrogens with two attached hydrogens (primary N) is 1. The minimum atomic E-state index is -4.39. The minimum Gasteiger partial charge on any atom is -0.462 e. The number of hydrogen-bond acceptors (Lipinski definition) is 8. The van der Waals surface area contributed by atoms with Crippen molar-refractivity contribution in [3.63, 3.8) is 0 Å². The molecule has 0 aromatic heterocycles. The third kappa shape index (κ3) is 68.1. The number of phosphoric acid groups is 1. The molecule has 2 atom stereocenters. The van der Waals surface area contributed by atoms with Crippen LogP contribution in [0.15, 0.2) is 0 Å². The van der Waals surface area contributed by atoms with Crippen LogP contribution in [0.4, 0.5) is 0 Å². The van der Waals surface area contributed by atoms with Crippen LogP contribution in [0.1, 0.15) is 418 Å². The molecule has 0 aromatic carbocycles. The van der Waals surface area contributed by atoms with Crippen LogP contribution in [0.3, 0.4) is 0 Å². The van der Waals surface area contributed by atoms with Gasteiger partial charge < -0.3 is 20.1 Å². The van der Waals surface area contributed by atoms with Gasteiger partial charge in [-0.25, -0.2) is 4.57 Å². The molecule has 0 aromatic rings. The van der Waals surface area contributed by atoms with Gasteiger partial charge in [0.15, 0.2) is 6.10 Å². The zero-order valence-electron chi connectivity index (χ0n) is 55.3. The third-order valence-electron chi connectivity index (χ3n) is 17.2. The highest BCUT2D eigenvalue weighted by atomic mass is 31.2. The second kappa shape index (κ2) is 69.1. The molecule has 0 saturated heterocycles. The fourth-order valence-electron chi connectivity index (χ4n) is 11.8. The van der Waals surface area contributed by atoms with Crippen LogP contribution < -0.4 is 5.73 Å². The maximum absolute atomic E-state index is 12.8. The van der Waals surface area contributed by atoms with Gasteiger partial charge in [0.25, 0.3) is 0 Å². The van der Waals surface area contributed by atoms with E-state index in [2.05, 4.69) is 13.8 Å². The quantitative estimate of drug-likeness (QED) is 0.0347. The Morgan fingerprint density at radius 3 is 0.744 bits per heavy atom. The van der Waals surface area contributed by atoms with Gasteiger partial charge in [-0.3, -0.25) is 18.6 Å². The van der Waals surface area contributed by atoms with E-state index in [9.17, 15) is 19.0 Å². The maximum atomic E-state index is 12.8. The van der Waals surface area contributed by atoms with Crippen molar-refractivity contribution < 1.29 is 37.6 Å². The molecule has 0 saturated carbocycles. The Labute approximate surface area is 511 Å². The van der Waals surface area contributed by atoms with Gasteiger partial charge >= 0.3 is 19.8 Å². The lowest BCUT2D eigenvalue weighted by Crippen LogP contribution is -2.29. The Morgan fingerprint density at radius 2 is 0.524 bits per heavy atom. The molecular formula is C72H144NO8P. The normalized spacial score (nSPS) is 12.8. The summed E-state index contributed by atoms with van der Waals surface area (Å²) in [6, 6.07) is 0. The van der Waals surface area contributed by atoms with Gasteiger partial charge in [0.1, 0.15) is 6.61 Å². The summed E-state index contributed by atoms with van der Waals surface area (Å²) in [5.74, 6) is -0.796. The number of phosphoric ester groups is 1. The molecule has 10 heteroatoms. The van der Waals surface area contributed by atoms with Gasteiger partial charge in [0.2, 0.25) is 0 Å². The Balaban J connectivity index is 3.77. The highest BCUT2D eigenvalue weighted by molar-refractivity contribution is 7.47. The van der Waals surface area contributed by atoms with Gasteiger partial charge in [-0.15, -0.1) is 0 Å². The molecule has 490 valence electrons. The van der Waals surface area contributed by atoms with Gasteiger partial charge in [0.05, 0.1) is 13.2 Å². The minimum absolute atomic E-state index is 0.0589. The molecule has 82 heavy (non-hydrogen) atoms.